The fourth-order valence-electron chi connectivity index (χ4n) is 2.45. The Morgan fingerprint density at radius 1 is 1.19 bits per heavy atom. The second-order valence-corrected chi connectivity index (χ2v) is 5.32. The first-order valence-corrected chi connectivity index (χ1v) is 6.56. The molecule has 1 atom stereocenters. The minimum Gasteiger partial charge on any atom is -0.308 e. The zero-order chi connectivity index (χ0) is 11.4. The van der Waals surface area contributed by atoms with E-state index in [2.05, 4.69) is 49.5 Å². The van der Waals surface area contributed by atoms with Crippen molar-refractivity contribution in [3.63, 3.8) is 0 Å². The van der Waals surface area contributed by atoms with E-state index in [0.717, 1.165) is 5.92 Å². The van der Waals surface area contributed by atoms with Crippen molar-refractivity contribution in [3.05, 3.63) is 35.9 Å². The van der Waals surface area contributed by atoms with Gasteiger partial charge >= 0.3 is 0 Å². The second kappa shape index (κ2) is 5.49. The molecule has 0 spiro atoms. The highest BCUT2D eigenvalue weighted by molar-refractivity contribution is 5.19. The average Bonchev–Trinajstić information content (AvgIpc) is 2.22. The topological polar surface area (TPSA) is 12.0 Å². The maximum absolute atomic E-state index is 3.70. The highest BCUT2D eigenvalue weighted by Crippen LogP contribution is 2.34. The molecule has 0 aromatic heterocycles. The summed E-state index contributed by atoms with van der Waals surface area (Å²) in [6.45, 7) is 4.47. The van der Waals surface area contributed by atoms with E-state index in [1.807, 2.05) is 0 Å². The van der Waals surface area contributed by atoms with Crippen LogP contribution in [0.1, 0.15) is 51.1 Å². The summed E-state index contributed by atoms with van der Waals surface area (Å²) in [5.41, 5.74) is 1.45. The SMILES string of the molecule is CC(C)NC(CC1CCC1)c1ccccc1. The second-order valence-electron chi connectivity index (χ2n) is 5.32. The van der Waals surface area contributed by atoms with Crippen LogP contribution in [0.2, 0.25) is 0 Å². The van der Waals surface area contributed by atoms with Crippen molar-refractivity contribution < 1.29 is 0 Å². The monoisotopic (exact) mass is 217 g/mol. The molecule has 1 saturated carbocycles. The third-order valence-corrected chi connectivity index (χ3v) is 3.53. The molecule has 1 aliphatic rings. The van der Waals surface area contributed by atoms with Gasteiger partial charge in [-0.3, -0.25) is 0 Å². The Labute approximate surface area is 99.3 Å². The van der Waals surface area contributed by atoms with Crippen LogP contribution in [-0.2, 0) is 0 Å². The predicted octanol–water partition coefficient (Wildman–Crippen LogP) is 3.92. The normalized spacial score (nSPS) is 18.4. The number of benzene rings is 1. The number of rotatable bonds is 5. The first-order valence-electron chi connectivity index (χ1n) is 6.56. The van der Waals surface area contributed by atoms with Gasteiger partial charge in [0.2, 0.25) is 0 Å². The Hall–Kier alpha value is -0.820. The molecule has 0 saturated heterocycles. The molecule has 88 valence electrons. The zero-order valence-electron chi connectivity index (χ0n) is 10.4. The number of nitrogens with one attached hydrogen (secondary N) is 1. The van der Waals surface area contributed by atoms with Crippen LogP contribution in [0, 0.1) is 5.92 Å². The van der Waals surface area contributed by atoms with Crippen molar-refractivity contribution in [2.45, 2.75) is 51.6 Å². The molecule has 16 heavy (non-hydrogen) atoms. The summed E-state index contributed by atoms with van der Waals surface area (Å²) in [4.78, 5) is 0. The summed E-state index contributed by atoms with van der Waals surface area (Å²) in [7, 11) is 0. The minimum absolute atomic E-state index is 0.548. The van der Waals surface area contributed by atoms with Gasteiger partial charge in [0, 0.05) is 12.1 Å². The van der Waals surface area contributed by atoms with Crippen molar-refractivity contribution in [1.82, 2.24) is 5.32 Å². The minimum atomic E-state index is 0.548. The summed E-state index contributed by atoms with van der Waals surface area (Å²) in [6.07, 6.45) is 5.61. The quantitative estimate of drug-likeness (QED) is 0.788. The molecule has 1 unspecified atom stereocenters. The van der Waals surface area contributed by atoms with Crippen LogP contribution in [0.5, 0.6) is 0 Å². The third kappa shape index (κ3) is 3.08. The molecule has 1 aromatic carbocycles. The van der Waals surface area contributed by atoms with Crippen molar-refractivity contribution in [3.8, 4) is 0 Å². The first-order chi connectivity index (χ1) is 7.75. The van der Waals surface area contributed by atoms with Crippen LogP contribution in [0.25, 0.3) is 0 Å². The standard InChI is InChI=1S/C15H23N/c1-12(2)16-15(11-13-7-6-8-13)14-9-4-3-5-10-14/h3-5,9-10,12-13,15-16H,6-8,11H2,1-2H3. The summed E-state index contributed by atoms with van der Waals surface area (Å²) in [5.74, 6) is 0.955. The molecule has 0 aliphatic heterocycles. The predicted molar refractivity (Wildman–Crippen MR) is 69.4 cm³/mol. The molecule has 2 rings (SSSR count). The van der Waals surface area contributed by atoms with Crippen molar-refractivity contribution >= 4 is 0 Å². The van der Waals surface area contributed by atoms with E-state index >= 15 is 0 Å². The van der Waals surface area contributed by atoms with Crippen LogP contribution in [-0.4, -0.2) is 6.04 Å². The molecule has 0 amide bonds. The summed E-state index contributed by atoms with van der Waals surface area (Å²) in [5, 5.41) is 3.70. The van der Waals surface area contributed by atoms with Gasteiger partial charge in [-0.25, -0.2) is 0 Å². The fraction of sp³-hybridized carbons (Fsp3) is 0.600. The lowest BCUT2D eigenvalue weighted by Crippen LogP contribution is -2.31. The van der Waals surface area contributed by atoms with Crippen LogP contribution >= 0.6 is 0 Å². The molecular weight excluding hydrogens is 194 g/mol. The Balaban J connectivity index is 2.01. The van der Waals surface area contributed by atoms with Crippen LogP contribution < -0.4 is 5.32 Å². The molecule has 1 aliphatic carbocycles. The zero-order valence-corrected chi connectivity index (χ0v) is 10.4. The van der Waals surface area contributed by atoms with E-state index in [9.17, 15) is 0 Å². The molecular formula is C15H23N. The van der Waals surface area contributed by atoms with E-state index in [0.29, 0.717) is 12.1 Å². The maximum Gasteiger partial charge on any atom is 0.0325 e. The van der Waals surface area contributed by atoms with Gasteiger partial charge in [-0.05, 0) is 17.9 Å². The highest BCUT2D eigenvalue weighted by Gasteiger charge is 2.23. The molecule has 0 bridgehead atoms. The van der Waals surface area contributed by atoms with E-state index in [-0.39, 0.29) is 0 Å². The van der Waals surface area contributed by atoms with Gasteiger partial charge in [0.25, 0.3) is 0 Å². The van der Waals surface area contributed by atoms with Crippen LogP contribution in [0.15, 0.2) is 30.3 Å². The Morgan fingerprint density at radius 3 is 2.38 bits per heavy atom. The lowest BCUT2D eigenvalue weighted by atomic mass is 9.79. The van der Waals surface area contributed by atoms with E-state index < -0.39 is 0 Å². The van der Waals surface area contributed by atoms with Gasteiger partial charge in [-0.2, -0.15) is 0 Å². The molecule has 1 heteroatoms. The fourth-order valence-corrected chi connectivity index (χ4v) is 2.45. The average molecular weight is 217 g/mol. The molecule has 1 aromatic rings. The highest BCUT2D eigenvalue weighted by atomic mass is 14.9. The largest absolute Gasteiger partial charge is 0.308 e. The smallest absolute Gasteiger partial charge is 0.0325 e. The van der Waals surface area contributed by atoms with Gasteiger partial charge in [0.05, 0.1) is 0 Å². The van der Waals surface area contributed by atoms with E-state index in [4.69, 9.17) is 0 Å². The molecule has 0 heterocycles. The lowest BCUT2D eigenvalue weighted by molar-refractivity contribution is 0.255. The Kier molecular flexibility index (Phi) is 4.00. The first kappa shape index (κ1) is 11.7. The Morgan fingerprint density at radius 2 is 1.88 bits per heavy atom. The van der Waals surface area contributed by atoms with Gasteiger partial charge in [0.1, 0.15) is 0 Å². The van der Waals surface area contributed by atoms with Gasteiger partial charge in [-0.1, -0.05) is 63.4 Å². The van der Waals surface area contributed by atoms with Crippen LogP contribution in [0.3, 0.4) is 0 Å². The summed E-state index contributed by atoms with van der Waals surface area (Å²) >= 11 is 0. The van der Waals surface area contributed by atoms with Gasteiger partial charge in [-0.15, -0.1) is 0 Å². The molecule has 1 N–H and O–H groups in total. The Bertz CT molecular complexity index is 300. The van der Waals surface area contributed by atoms with Crippen LogP contribution in [0.4, 0.5) is 0 Å². The van der Waals surface area contributed by atoms with Crippen molar-refractivity contribution in [2.75, 3.05) is 0 Å². The lowest BCUT2D eigenvalue weighted by Gasteiger charge is -2.31. The van der Waals surface area contributed by atoms with E-state index in [1.165, 1.54) is 31.2 Å². The number of hydrogen-bond donors (Lipinski definition) is 1. The molecule has 1 fully saturated rings. The maximum atomic E-state index is 3.70. The van der Waals surface area contributed by atoms with E-state index in [1.54, 1.807) is 0 Å². The van der Waals surface area contributed by atoms with Gasteiger partial charge in [0.15, 0.2) is 0 Å². The van der Waals surface area contributed by atoms with Crippen molar-refractivity contribution in [2.24, 2.45) is 5.92 Å². The summed E-state index contributed by atoms with van der Waals surface area (Å²) in [6, 6.07) is 12.0. The molecule has 0 radical (unpaired) electrons. The molecule has 1 nitrogen and oxygen atoms in total. The summed E-state index contributed by atoms with van der Waals surface area (Å²) < 4.78 is 0. The third-order valence-electron chi connectivity index (χ3n) is 3.53. The number of hydrogen-bond acceptors (Lipinski definition) is 1. The van der Waals surface area contributed by atoms with Gasteiger partial charge < -0.3 is 5.32 Å². The van der Waals surface area contributed by atoms with Crippen molar-refractivity contribution in [1.29, 1.82) is 0 Å².